The molecule has 4 aromatic carbocycles. The summed E-state index contributed by atoms with van der Waals surface area (Å²) in [7, 11) is 0. The Morgan fingerprint density at radius 1 is 0.667 bits per heavy atom. The van der Waals surface area contributed by atoms with Gasteiger partial charge in [-0.1, -0.05) is 83.9 Å². The topological polar surface area (TPSA) is 64.3 Å². The van der Waals surface area contributed by atoms with E-state index in [4.69, 9.17) is 10.4 Å². The Bertz CT molecular complexity index is 1390. The first-order valence-corrected chi connectivity index (χ1v) is 11.6. The average molecular weight is 471 g/mol. The third-order valence-electron chi connectivity index (χ3n) is 5.80. The van der Waals surface area contributed by atoms with Gasteiger partial charge in [0.2, 0.25) is 0 Å². The fourth-order valence-corrected chi connectivity index (χ4v) is 3.77. The lowest BCUT2D eigenvalue weighted by Crippen LogP contribution is -2.09. The van der Waals surface area contributed by atoms with Crippen LogP contribution >= 0.6 is 0 Å². The number of carboxylic acid groups (broad SMARTS) is 1. The lowest BCUT2D eigenvalue weighted by atomic mass is 10.1. The first kappa shape index (κ1) is 24.3. The van der Waals surface area contributed by atoms with Crippen molar-refractivity contribution in [1.82, 2.24) is 0 Å². The zero-order chi connectivity index (χ0) is 25.5. The summed E-state index contributed by atoms with van der Waals surface area (Å²) in [6, 6.07) is 34.5. The van der Waals surface area contributed by atoms with Gasteiger partial charge in [-0.05, 0) is 73.0 Å². The number of nitriles is 1. The van der Waals surface area contributed by atoms with Crippen LogP contribution in [-0.2, 0) is 4.79 Å². The summed E-state index contributed by atoms with van der Waals surface area (Å²) in [5.74, 6) is -1.23. The number of rotatable bonds is 7. The van der Waals surface area contributed by atoms with Crippen LogP contribution in [0, 0.1) is 25.2 Å². The number of hydrogen-bond acceptors (Lipinski definition) is 3. The van der Waals surface area contributed by atoms with Crippen molar-refractivity contribution in [2.45, 2.75) is 13.8 Å². The van der Waals surface area contributed by atoms with E-state index < -0.39 is 5.97 Å². The molecule has 0 aromatic heterocycles. The zero-order valence-corrected chi connectivity index (χ0v) is 20.2. The van der Waals surface area contributed by atoms with E-state index in [0.717, 1.165) is 28.2 Å². The van der Waals surface area contributed by atoms with Gasteiger partial charge in [0.15, 0.2) is 0 Å². The van der Waals surface area contributed by atoms with Crippen LogP contribution in [-0.4, -0.2) is 11.1 Å². The molecular weight excluding hydrogens is 444 g/mol. The number of anilines is 3. The molecule has 0 fully saturated rings. The Hall–Kier alpha value is -4.88. The zero-order valence-electron chi connectivity index (χ0n) is 20.2. The molecule has 0 amide bonds. The van der Waals surface area contributed by atoms with Crippen LogP contribution in [0.4, 0.5) is 17.1 Å². The van der Waals surface area contributed by atoms with E-state index in [-0.39, 0.29) is 5.57 Å². The third-order valence-corrected chi connectivity index (χ3v) is 5.80. The summed E-state index contributed by atoms with van der Waals surface area (Å²) in [4.78, 5) is 13.3. The van der Waals surface area contributed by atoms with Gasteiger partial charge in [-0.25, -0.2) is 4.79 Å². The minimum atomic E-state index is -1.23. The predicted molar refractivity (Wildman–Crippen MR) is 147 cm³/mol. The van der Waals surface area contributed by atoms with Crippen molar-refractivity contribution >= 4 is 41.3 Å². The van der Waals surface area contributed by atoms with Gasteiger partial charge in [0.05, 0.1) is 0 Å². The molecule has 4 aromatic rings. The lowest BCUT2D eigenvalue weighted by Gasteiger charge is -2.25. The van der Waals surface area contributed by atoms with Gasteiger partial charge < -0.3 is 10.0 Å². The fraction of sp³-hybridized carbons (Fsp3) is 0.0625. The summed E-state index contributed by atoms with van der Waals surface area (Å²) >= 11 is 0. The molecule has 0 heterocycles. The van der Waals surface area contributed by atoms with Gasteiger partial charge in [-0.3, -0.25) is 0 Å². The van der Waals surface area contributed by atoms with Crippen molar-refractivity contribution in [3.8, 4) is 6.07 Å². The number of benzene rings is 4. The lowest BCUT2D eigenvalue weighted by molar-refractivity contribution is -0.132. The maximum absolute atomic E-state index is 11.0. The Morgan fingerprint density at radius 2 is 1.03 bits per heavy atom. The summed E-state index contributed by atoms with van der Waals surface area (Å²) in [6.45, 7) is 4.18. The van der Waals surface area contributed by atoms with Crippen molar-refractivity contribution in [2.75, 3.05) is 4.90 Å². The molecule has 176 valence electrons. The van der Waals surface area contributed by atoms with Crippen molar-refractivity contribution in [3.63, 3.8) is 0 Å². The smallest absolute Gasteiger partial charge is 0.346 e. The van der Waals surface area contributed by atoms with Crippen molar-refractivity contribution < 1.29 is 9.90 Å². The Labute approximate surface area is 211 Å². The van der Waals surface area contributed by atoms with Gasteiger partial charge in [0, 0.05) is 17.1 Å². The van der Waals surface area contributed by atoms with Gasteiger partial charge in [-0.15, -0.1) is 0 Å². The number of hydrogen-bond donors (Lipinski definition) is 1. The van der Waals surface area contributed by atoms with Crippen LogP contribution in [0.5, 0.6) is 0 Å². The Balaban J connectivity index is 1.55. The molecule has 0 radical (unpaired) electrons. The Kier molecular flexibility index (Phi) is 7.43. The van der Waals surface area contributed by atoms with Crippen LogP contribution in [0.2, 0.25) is 0 Å². The number of aryl methyl sites for hydroxylation is 2. The van der Waals surface area contributed by atoms with Gasteiger partial charge in [0.25, 0.3) is 0 Å². The van der Waals surface area contributed by atoms with E-state index >= 15 is 0 Å². The summed E-state index contributed by atoms with van der Waals surface area (Å²) in [5.41, 5.74) is 8.14. The minimum absolute atomic E-state index is 0.288. The van der Waals surface area contributed by atoms with E-state index in [2.05, 4.69) is 91.5 Å². The molecule has 1 N–H and O–H groups in total. The van der Waals surface area contributed by atoms with Crippen LogP contribution in [0.15, 0.2) is 103 Å². The molecule has 36 heavy (non-hydrogen) atoms. The average Bonchev–Trinajstić information content (AvgIpc) is 2.89. The Morgan fingerprint density at radius 3 is 1.42 bits per heavy atom. The predicted octanol–water partition coefficient (Wildman–Crippen LogP) is 7.94. The van der Waals surface area contributed by atoms with Gasteiger partial charge >= 0.3 is 5.97 Å². The van der Waals surface area contributed by atoms with E-state index in [9.17, 15) is 4.79 Å². The molecular formula is C32H26N2O2. The van der Waals surface area contributed by atoms with Crippen LogP contribution in [0.3, 0.4) is 0 Å². The van der Waals surface area contributed by atoms with E-state index in [1.165, 1.54) is 17.2 Å². The summed E-state index contributed by atoms with van der Waals surface area (Å²) in [6.07, 6.45) is 5.40. The number of carboxylic acids is 1. The molecule has 0 atom stereocenters. The first-order valence-electron chi connectivity index (χ1n) is 11.6. The third kappa shape index (κ3) is 5.97. The highest BCUT2D eigenvalue weighted by Gasteiger charge is 2.12. The van der Waals surface area contributed by atoms with E-state index in [0.29, 0.717) is 5.56 Å². The van der Waals surface area contributed by atoms with Gasteiger partial charge in [-0.2, -0.15) is 5.26 Å². The maximum atomic E-state index is 11.0. The maximum Gasteiger partial charge on any atom is 0.346 e. The molecule has 0 saturated carbocycles. The molecule has 0 aliphatic carbocycles. The highest BCUT2D eigenvalue weighted by atomic mass is 16.4. The second kappa shape index (κ2) is 11.0. The minimum Gasteiger partial charge on any atom is -0.477 e. The molecule has 0 bridgehead atoms. The number of aliphatic carboxylic acids is 1. The molecule has 0 aliphatic rings. The van der Waals surface area contributed by atoms with E-state index in [1.54, 1.807) is 18.2 Å². The molecule has 0 unspecified atom stereocenters. The molecule has 4 nitrogen and oxygen atoms in total. The van der Waals surface area contributed by atoms with Gasteiger partial charge in [0.1, 0.15) is 11.6 Å². The summed E-state index contributed by atoms with van der Waals surface area (Å²) in [5, 5.41) is 17.9. The second-order valence-corrected chi connectivity index (χ2v) is 8.57. The standard InChI is InChI=1S/C32H26N2O2/c1-23-3-15-29(16-4-23)34(30-17-5-24(2)6-18-30)31-19-13-26(14-20-31)8-7-25-9-11-27(12-10-25)21-28(22-33)32(35)36/h3-21H,1-2H3,(H,35,36)/b8-7+,28-21-. The van der Waals surface area contributed by atoms with Crippen LogP contribution in [0.25, 0.3) is 18.2 Å². The molecule has 0 aliphatic heterocycles. The molecule has 4 rings (SSSR count). The van der Waals surface area contributed by atoms with Crippen LogP contribution < -0.4 is 4.90 Å². The number of carbonyl (C=O) groups is 1. The molecule has 0 saturated heterocycles. The normalized spacial score (nSPS) is 11.3. The van der Waals surface area contributed by atoms with Crippen molar-refractivity contribution in [2.24, 2.45) is 0 Å². The highest BCUT2D eigenvalue weighted by Crippen LogP contribution is 2.34. The van der Waals surface area contributed by atoms with Crippen molar-refractivity contribution in [1.29, 1.82) is 5.26 Å². The second-order valence-electron chi connectivity index (χ2n) is 8.57. The fourth-order valence-electron chi connectivity index (χ4n) is 3.77. The monoisotopic (exact) mass is 470 g/mol. The number of nitrogens with zero attached hydrogens (tertiary/aromatic N) is 2. The van der Waals surface area contributed by atoms with Crippen molar-refractivity contribution in [3.05, 3.63) is 130 Å². The molecule has 4 heteroatoms. The van der Waals surface area contributed by atoms with Crippen LogP contribution in [0.1, 0.15) is 27.8 Å². The summed E-state index contributed by atoms with van der Waals surface area (Å²) < 4.78 is 0. The first-order chi connectivity index (χ1) is 17.4. The SMILES string of the molecule is Cc1ccc(N(c2ccc(C)cc2)c2ccc(/C=C/c3ccc(/C=C(/C#N)C(=O)O)cc3)cc2)cc1. The highest BCUT2D eigenvalue weighted by molar-refractivity contribution is 5.96. The van der Waals surface area contributed by atoms with E-state index in [1.807, 2.05) is 24.3 Å². The largest absolute Gasteiger partial charge is 0.477 e. The quantitative estimate of drug-likeness (QED) is 0.169. The molecule has 0 spiro atoms.